The summed E-state index contributed by atoms with van der Waals surface area (Å²) in [6.45, 7) is 0.597. The normalized spacial score (nSPS) is 16.0. The summed E-state index contributed by atoms with van der Waals surface area (Å²) >= 11 is 0. The van der Waals surface area contributed by atoms with Gasteiger partial charge in [-0.1, -0.05) is 18.2 Å². The summed E-state index contributed by atoms with van der Waals surface area (Å²) in [4.78, 5) is 25.6. The number of benzene rings is 1. The molecular weight excluding hydrogens is 368 g/mol. The zero-order chi connectivity index (χ0) is 17.5. The van der Waals surface area contributed by atoms with Gasteiger partial charge in [-0.15, -0.1) is 0 Å². The smallest absolute Gasteiger partial charge is 0.251 e. The van der Waals surface area contributed by atoms with Gasteiger partial charge in [-0.05, 0) is 12.1 Å². The van der Waals surface area contributed by atoms with Crippen LogP contribution in [0.2, 0.25) is 0 Å². The van der Waals surface area contributed by atoms with Crippen molar-refractivity contribution in [2.45, 2.75) is 19.0 Å². The van der Waals surface area contributed by atoms with Crippen LogP contribution in [0, 0.1) is 0 Å². The number of anilines is 1. The summed E-state index contributed by atoms with van der Waals surface area (Å²) in [7, 11) is 0. The van der Waals surface area contributed by atoms with Gasteiger partial charge in [0.05, 0.1) is 18.2 Å². The second kappa shape index (κ2) is 9.88. The maximum atomic E-state index is 12.3. The number of amides is 2. The molecule has 1 fully saturated rings. The largest absolute Gasteiger partial charge is 0.748 e. The predicted molar refractivity (Wildman–Crippen MR) is 98.2 cm³/mol. The molecule has 1 saturated heterocycles. The van der Waals surface area contributed by atoms with Crippen molar-refractivity contribution in [3.8, 4) is 0 Å². The summed E-state index contributed by atoms with van der Waals surface area (Å²) in [5, 5.41) is 3.15. The summed E-state index contributed by atoms with van der Waals surface area (Å²) in [6, 6.07) is 26.5. The maximum absolute atomic E-state index is 12.3. The summed E-state index contributed by atoms with van der Waals surface area (Å²) < 4.78 is 0. The number of carbonyl (C=O) groups excluding carboxylic acids is 2. The van der Waals surface area contributed by atoms with Crippen molar-refractivity contribution in [1.29, 1.82) is 0 Å². The third-order valence-electron chi connectivity index (χ3n) is 4.00. The first-order valence-corrected chi connectivity index (χ1v) is 8.28. The molecule has 0 saturated carbocycles. The standard InChI is InChI=1S/C16H15N2O2.C5H5.Fe/c19-15-10-14(17-11-12-6-4-5-7-12)16(20)18(15)13-8-2-1-3-9-13;1-2-4-5-3-1;/h1-9,14,17H,10-11H2;1-5H;/q-5;-1;. The number of nitrogens with zero attached hydrogens (tertiary/aromatic N) is 1. The van der Waals surface area contributed by atoms with Gasteiger partial charge >= 0.3 is 0 Å². The van der Waals surface area contributed by atoms with E-state index in [-0.39, 0.29) is 35.3 Å². The van der Waals surface area contributed by atoms with Crippen molar-refractivity contribution >= 4 is 17.5 Å². The molecule has 4 rings (SSSR count). The van der Waals surface area contributed by atoms with E-state index >= 15 is 0 Å². The molecule has 1 atom stereocenters. The van der Waals surface area contributed by atoms with E-state index in [1.165, 1.54) is 4.90 Å². The van der Waals surface area contributed by atoms with E-state index < -0.39 is 6.04 Å². The van der Waals surface area contributed by atoms with E-state index in [0.717, 1.165) is 5.56 Å². The van der Waals surface area contributed by atoms with Crippen LogP contribution in [0.4, 0.5) is 5.69 Å². The van der Waals surface area contributed by atoms with Crippen LogP contribution in [0.3, 0.4) is 0 Å². The molecule has 3 aromatic rings. The van der Waals surface area contributed by atoms with Gasteiger partial charge in [0.1, 0.15) is 0 Å². The average Bonchev–Trinajstić information content (AvgIpc) is 3.39. The number of carbonyl (C=O) groups is 2. The van der Waals surface area contributed by atoms with Gasteiger partial charge < -0.3 is 35.1 Å². The molecule has 26 heavy (non-hydrogen) atoms. The molecule has 0 bridgehead atoms. The Balaban J connectivity index is 0.000000351. The van der Waals surface area contributed by atoms with E-state index in [1.807, 2.05) is 72.8 Å². The first-order valence-electron chi connectivity index (χ1n) is 8.28. The van der Waals surface area contributed by atoms with E-state index in [0.29, 0.717) is 12.2 Å². The maximum Gasteiger partial charge on any atom is 0.251 e. The van der Waals surface area contributed by atoms with Crippen LogP contribution in [0.5, 0.6) is 0 Å². The molecule has 1 N–H and O–H groups in total. The second-order valence-corrected chi connectivity index (χ2v) is 5.80. The van der Waals surface area contributed by atoms with E-state index in [9.17, 15) is 9.59 Å². The summed E-state index contributed by atoms with van der Waals surface area (Å²) in [6.07, 6.45) is 0.217. The van der Waals surface area contributed by atoms with Crippen molar-refractivity contribution in [3.63, 3.8) is 0 Å². The molecule has 2 amide bonds. The average molecular weight is 388 g/mol. The molecule has 1 unspecified atom stereocenters. The molecule has 1 aliphatic heterocycles. The molecular formula is C21H20FeN2O2-6. The van der Waals surface area contributed by atoms with Crippen molar-refractivity contribution in [2.75, 3.05) is 4.90 Å². The summed E-state index contributed by atoms with van der Waals surface area (Å²) in [5.41, 5.74) is 1.75. The van der Waals surface area contributed by atoms with Crippen LogP contribution in [0.25, 0.3) is 0 Å². The van der Waals surface area contributed by atoms with Crippen molar-refractivity contribution in [1.82, 2.24) is 5.32 Å². The zero-order valence-electron chi connectivity index (χ0n) is 14.2. The molecule has 0 spiro atoms. The van der Waals surface area contributed by atoms with Crippen LogP contribution in [0.15, 0.2) is 84.9 Å². The number of para-hydroxylation sites is 1. The first kappa shape index (κ1) is 19.9. The van der Waals surface area contributed by atoms with Gasteiger partial charge in [0, 0.05) is 17.1 Å². The summed E-state index contributed by atoms with van der Waals surface area (Å²) in [5.74, 6) is -0.325. The minimum Gasteiger partial charge on any atom is -0.748 e. The minimum atomic E-state index is -0.433. The zero-order valence-corrected chi connectivity index (χ0v) is 15.3. The molecule has 0 aromatic heterocycles. The molecule has 4 nitrogen and oxygen atoms in total. The fraction of sp³-hybridized carbons (Fsp3) is 0.143. The molecule has 1 heterocycles. The second-order valence-electron chi connectivity index (χ2n) is 5.80. The fourth-order valence-corrected chi connectivity index (χ4v) is 2.73. The Bertz CT molecular complexity index is 766. The minimum absolute atomic E-state index is 0. The van der Waals surface area contributed by atoms with Crippen molar-refractivity contribution in [2.24, 2.45) is 0 Å². The van der Waals surface area contributed by atoms with E-state index in [4.69, 9.17) is 0 Å². The molecule has 5 heteroatoms. The van der Waals surface area contributed by atoms with Crippen LogP contribution < -0.4 is 10.2 Å². The fourth-order valence-electron chi connectivity index (χ4n) is 2.73. The van der Waals surface area contributed by atoms with Gasteiger partial charge in [-0.25, -0.2) is 17.0 Å². The first-order chi connectivity index (χ1) is 12.3. The number of rotatable bonds is 4. The van der Waals surface area contributed by atoms with Crippen molar-refractivity contribution in [3.05, 3.63) is 90.5 Å². The molecule has 1 aliphatic rings. The Morgan fingerprint density at radius 3 is 2.27 bits per heavy atom. The van der Waals surface area contributed by atoms with Gasteiger partial charge in [0.15, 0.2) is 0 Å². The van der Waals surface area contributed by atoms with Gasteiger partial charge in [0.25, 0.3) is 5.91 Å². The SMILES string of the molecule is O=C1CC(NC[c-]2[cH-][cH-][cH-][cH-]2)C(=O)N1c1ccccc1.[Fe].c1cc[cH-]c1. The van der Waals surface area contributed by atoms with Gasteiger partial charge in [-0.2, -0.15) is 24.7 Å². The van der Waals surface area contributed by atoms with Crippen LogP contribution in [0.1, 0.15) is 12.0 Å². The van der Waals surface area contributed by atoms with Crippen LogP contribution in [-0.4, -0.2) is 17.9 Å². The number of nitrogens with one attached hydrogen (secondary N) is 1. The van der Waals surface area contributed by atoms with Crippen LogP contribution >= 0.6 is 0 Å². The van der Waals surface area contributed by atoms with Gasteiger partial charge in [0.2, 0.25) is 5.91 Å². The number of hydrogen-bond donors (Lipinski definition) is 1. The van der Waals surface area contributed by atoms with Gasteiger partial charge in [-0.3, -0.25) is 9.59 Å². The van der Waals surface area contributed by atoms with E-state index in [2.05, 4.69) is 5.32 Å². The quantitative estimate of drug-likeness (QED) is 0.424. The number of hydrogen-bond acceptors (Lipinski definition) is 3. The Labute approximate surface area is 164 Å². The Kier molecular flexibility index (Phi) is 7.54. The third-order valence-corrected chi connectivity index (χ3v) is 4.00. The molecule has 140 valence electrons. The molecule has 0 radical (unpaired) electrons. The Morgan fingerprint density at radius 2 is 1.69 bits per heavy atom. The van der Waals surface area contributed by atoms with E-state index in [1.54, 1.807) is 12.1 Å². The Morgan fingerprint density at radius 1 is 1.04 bits per heavy atom. The topological polar surface area (TPSA) is 49.4 Å². The van der Waals surface area contributed by atoms with Crippen molar-refractivity contribution < 1.29 is 26.7 Å². The third kappa shape index (κ3) is 5.02. The molecule has 0 aliphatic carbocycles. The number of imide groups is 1. The Hall–Kier alpha value is -2.46. The monoisotopic (exact) mass is 388 g/mol. The molecule has 3 aromatic carbocycles. The van der Waals surface area contributed by atoms with Crippen LogP contribution in [-0.2, 0) is 33.2 Å². The predicted octanol–water partition coefficient (Wildman–Crippen LogP) is 3.23.